The van der Waals surface area contributed by atoms with Gasteiger partial charge in [0.2, 0.25) is 0 Å². The van der Waals surface area contributed by atoms with Crippen LogP contribution in [0.5, 0.6) is 0 Å². The Morgan fingerprint density at radius 1 is 0.818 bits per heavy atom. The van der Waals surface area contributed by atoms with Gasteiger partial charge in [0.25, 0.3) is 0 Å². The zero-order chi connectivity index (χ0) is 30.3. The van der Waals surface area contributed by atoms with Gasteiger partial charge >= 0.3 is 12.1 Å². The number of halogens is 1. The van der Waals surface area contributed by atoms with Crippen molar-refractivity contribution in [2.45, 2.75) is 38.0 Å². The molecular formula is C35H31FN4O4. The lowest BCUT2D eigenvalue weighted by Gasteiger charge is -2.36. The zero-order valence-electron chi connectivity index (χ0n) is 24.0. The summed E-state index contributed by atoms with van der Waals surface area (Å²) < 4.78 is 27.0. The minimum absolute atomic E-state index is 0.0964. The molecule has 5 aromatic rings. The van der Waals surface area contributed by atoms with Gasteiger partial charge in [0.05, 0.1) is 5.69 Å². The summed E-state index contributed by atoms with van der Waals surface area (Å²) in [6.07, 6.45) is 5.61. The molecule has 2 atom stereocenters. The Morgan fingerprint density at radius 2 is 1.45 bits per heavy atom. The van der Waals surface area contributed by atoms with Crippen molar-refractivity contribution in [2.75, 3.05) is 6.54 Å². The van der Waals surface area contributed by atoms with Gasteiger partial charge in [0, 0.05) is 42.3 Å². The number of hydrogen-bond donors (Lipinski definition) is 0. The molecule has 2 aromatic heterocycles. The summed E-state index contributed by atoms with van der Waals surface area (Å²) in [7, 11) is 0. The number of benzene rings is 3. The first-order valence-corrected chi connectivity index (χ1v) is 14.5. The van der Waals surface area contributed by atoms with E-state index in [4.69, 9.17) is 14.5 Å². The number of carbonyl (C=O) groups excluding carboxylic acids is 2. The lowest BCUT2D eigenvalue weighted by Crippen LogP contribution is -2.50. The molecule has 0 bridgehead atoms. The van der Waals surface area contributed by atoms with Gasteiger partial charge < -0.3 is 9.47 Å². The predicted molar refractivity (Wildman–Crippen MR) is 162 cm³/mol. The first kappa shape index (κ1) is 28.8. The molecule has 9 heteroatoms. The zero-order valence-corrected chi connectivity index (χ0v) is 24.0. The topological polar surface area (TPSA) is 86.6 Å². The third-order valence-electron chi connectivity index (χ3n) is 7.72. The Hall–Kier alpha value is -5.31. The van der Waals surface area contributed by atoms with Crippen molar-refractivity contribution in [3.8, 4) is 17.1 Å². The quantitative estimate of drug-likeness (QED) is 0.187. The van der Waals surface area contributed by atoms with Gasteiger partial charge in [-0.2, -0.15) is 0 Å². The van der Waals surface area contributed by atoms with E-state index in [1.807, 2.05) is 83.6 Å². The van der Waals surface area contributed by atoms with Gasteiger partial charge in [0.1, 0.15) is 30.9 Å². The predicted octanol–water partition coefficient (Wildman–Crippen LogP) is 6.70. The van der Waals surface area contributed by atoms with Crippen molar-refractivity contribution in [1.29, 1.82) is 0 Å². The molecule has 3 heterocycles. The van der Waals surface area contributed by atoms with E-state index in [2.05, 4.69) is 4.98 Å². The molecule has 222 valence electrons. The fourth-order valence-corrected chi connectivity index (χ4v) is 5.40. The van der Waals surface area contributed by atoms with Gasteiger partial charge in [0.15, 0.2) is 0 Å². The number of likely N-dealkylation sites (tertiary alicyclic amines) is 1. The lowest BCUT2D eigenvalue weighted by atomic mass is 9.88. The summed E-state index contributed by atoms with van der Waals surface area (Å²) >= 11 is 0. The molecule has 0 spiro atoms. The Kier molecular flexibility index (Phi) is 8.72. The molecule has 1 aliphatic rings. The molecule has 44 heavy (non-hydrogen) atoms. The maximum absolute atomic E-state index is 13.7. The van der Waals surface area contributed by atoms with Crippen LogP contribution in [0.4, 0.5) is 9.18 Å². The highest BCUT2D eigenvalue weighted by Gasteiger charge is 2.39. The molecule has 1 amide bonds. The van der Waals surface area contributed by atoms with Crippen LogP contribution in [-0.2, 0) is 27.5 Å². The highest BCUT2D eigenvalue weighted by molar-refractivity contribution is 5.82. The van der Waals surface area contributed by atoms with Gasteiger partial charge in [-0.3, -0.25) is 14.5 Å². The second-order valence-electron chi connectivity index (χ2n) is 10.6. The molecule has 0 N–H and O–H groups in total. The first-order chi connectivity index (χ1) is 21.5. The Morgan fingerprint density at radius 3 is 2.11 bits per heavy atom. The minimum Gasteiger partial charge on any atom is -0.459 e. The Labute approximate surface area is 254 Å². The van der Waals surface area contributed by atoms with E-state index < -0.39 is 18.1 Å². The first-order valence-electron chi connectivity index (χ1n) is 14.5. The van der Waals surface area contributed by atoms with Crippen molar-refractivity contribution < 1.29 is 23.5 Å². The summed E-state index contributed by atoms with van der Waals surface area (Å²) in [6.45, 7) is 0.485. The Balaban J connectivity index is 1.27. The molecular weight excluding hydrogens is 559 g/mol. The molecule has 3 aromatic carbocycles. The monoisotopic (exact) mass is 590 g/mol. The number of ether oxygens (including phenoxy) is 2. The number of rotatable bonds is 8. The smallest absolute Gasteiger partial charge is 0.410 e. The molecule has 0 saturated carbocycles. The van der Waals surface area contributed by atoms with Crippen molar-refractivity contribution in [3.63, 3.8) is 0 Å². The number of piperidine rings is 1. The summed E-state index contributed by atoms with van der Waals surface area (Å²) in [4.78, 5) is 37.4. The van der Waals surface area contributed by atoms with E-state index in [9.17, 15) is 14.0 Å². The summed E-state index contributed by atoms with van der Waals surface area (Å²) in [5.74, 6) is -0.308. The second kappa shape index (κ2) is 13.3. The molecule has 0 radical (unpaired) electrons. The van der Waals surface area contributed by atoms with Crippen molar-refractivity contribution in [1.82, 2.24) is 19.4 Å². The molecule has 0 aliphatic carbocycles. The molecule has 1 fully saturated rings. The van der Waals surface area contributed by atoms with Crippen LogP contribution in [0.2, 0.25) is 0 Å². The molecule has 8 nitrogen and oxygen atoms in total. The highest BCUT2D eigenvalue weighted by atomic mass is 19.1. The van der Waals surface area contributed by atoms with E-state index in [-0.39, 0.29) is 31.5 Å². The summed E-state index contributed by atoms with van der Waals surface area (Å²) in [5, 5.41) is 0. The van der Waals surface area contributed by atoms with Gasteiger partial charge in [-0.25, -0.2) is 19.0 Å². The van der Waals surface area contributed by atoms with Crippen LogP contribution in [0, 0.1) is 5.82 Å². The number of imidazole rings is 1. The third-order valence-corrected chi connectivity index (χ3v) is 7.72. The van der Waals surface area contributed by atoms with E-state index in [0.717, 1.165) is 28.1 Å². The SMILES string of the molecule is O=C(OCc1ccccc1)C1CC(c2cn(-c3ccc(F)cc3)c(-c3ccncc3)n2)CCN1C(=O)OCc1ccccc1. The fraction of sp³-hybridized carbons (Fsp3) is 0.200. The summed E-state index contributed by atoms with van der Waals surface area (Å²) in [6, 6.07) is 27.9. The molecule has 6 rings (SSSR count). The number of pyridine rings is 1. The standard InChI is InChI=1S/C35H31FN4O4/c36-29-11-13-30(14-12-29)40-22-31(38-33(40)27-15-18-37-19-16-27)28-17-20-39(35(42)44-24-26-9-5-2-6-10-26)32(21-28)34(41)43-23-25-7-3-1-4-8-25/h1-16,18-19,22,28,32H,17,20-21,23-24H2. The number of carbonyl (C=O) groups is 2. The van der Waals surface area contributed by atoms with E-state index in [1.54, 1.807) is 24.5 Å². The normalized spacial score (nSPS) is 16.3. The number of aromatic nitrogens is 3. The van der Waals surface area contributed by atoms with Gasteiger partial charge in [-0.1, -0.05) is 60.7 Å². The van der Waals surface area contributed by atoms with Gasteiger partial charge in [-0.05, 0) is 60.4 Å². The van der Waals surface area contributed by atoms with Crippen LogP contribution in [0.1, 0.15) is 35.6 Å². The lowest BCUT2D eigenvalue weighted by molar-refractivity contribution is -0.152. The number of nitrogens with zero attached hydrogens (tertiary/aromatic N) is 4. The number of amides is 1. The average molecular weight is 591 g/mol. The summed E-state index contributed by atoms with van der Waals surface area (Å²) in [5.41, 5.74) is 4.06. The fourth-order valence-electron chi connectivity index (χ4n) is 5.40. The van der Waals surface area contributed by atoms with Crippen LogP contribution >= 0.6 is 0 Å². The molecule has 1 saturated heterocycles. The van der Waals surface area contributed by atoms with Crippen molar-refractivity contribution in [2.24, 2.45) is 0 Å². The average Bonchev–Trinajstić information content (AvgIpc) is 3.53. The molecule has 2 unspecified atom stereocenters. The van der Waals surface area contributed by atoms with E-state index in [1.165, 1.54) is 17.0 Å². The number of esters is 1. The number of hydrogen-bond acceptors (Lipinski definition) is 6. The van der Waals surface area contributed by atoms with E-state index >= 15 is 0 Å². The third kappa shape index (κ3) is 6.67. The largest absolute Gasteiger partial charge is 0.459 e. The highest BCUT2D eigenvalue weighted by Crippen LogP contribution is 2.35. The van der Waals surface area contributed by atoms with Crippen LogP contribution in [0.3, 0.4) is 0 Å². The maximum Gasteiger partial charge on any atom is 0.410 e. The molecule has 1 aliphatic heterocycles. The maximum atomic E-state index is 13.7. The van der Waals surface area contributed by atoms with Crippen molar-refractivity contribution >= 4 is 12.1 Å². The van der Waals surface area contributed by atoms with Crippen molar-refractivity contribution in [3.05, 3.63) is 138 Å². The second-order valence-corrected chi connectivity index (χ2v) is 10.6. The minimum atomic E-state index is -0.860. The van der Waals surface area contributed by atoms with Crippen LogP contribution < -0.4 is 0 Å². The van der Waals surface area contributed by atoms with E-state index in [0.29, 0.717) is 18.7 Å². The Bertz CT molecular complexity index is 1700. The van der Waals surface area contributed by atoms with Crippen LogP contribution in [-0.4, -0.2) is 44.1 Å². The van der Waals surface area contributed by atoms with Crippen LogP contribution in [0.25, 0.3) is 17.1 Å². The van der Waals surface area contributed by atoms with Gasteiger partial charge in [-0.15, -0.1) is 0 Å². The van der Waals surface area contributed by atoms with Crippen LogP contribution in [0.15, 0.2) is 116 Å².